The molecule has 0 spiro atoms. The van der Waals surface area contributed by atoms with Crippen LogP contribution in [0.1, 0.15) is 5.56 Å². The molecule has 1 aromatic rings. The third-order valence-electron chi connectivity index (χ3n) is 4.14. The first-order chi connectivity index (χ1) is 11.3. The van der Waals surface area contributed by atoms with Gasteiger partial charge in [-0.15, -0.1) is 0 Å². The van der Waals surface area contributed by atoms with Crippen molar-refractivity contribution in [1.29, 1.82) is 0 Å². The number of anilines is 1. The highest BCUT2D eigenvalue weighted by Gasteiger charge is 2.37. The normalized spacial score (nSPS) is 20.9. The van der Waals surface area contributed by atoms with Gasteiger partial charge < -0.3 is 10.0 Å². The molecule has 2 aliphatic heterocycles. The van der Waals surface area contributed by atoms with Crippen LogP contribution in [0.2, 0.25) is 0 Å². The van der Waals surface area contributed by atoms with E-state index in [9.17, 15) is 27.1 Å². The fourth-order valence-corrected chi connectivity index (χ4v) is 4.09. The minimum absolute atomic E-state index is 0.0583. The largest absolute Gasteiger partial charge is 0.506 e. The van der Waals surface area contributed by atoms with Crippen LogP contribution in [0.4, 0.5) is 14.5 Å². The van der Waals surface area contributed by atoms with Crippen molar-refractivity contribution in [3.8, 4) is 5.75 Å². The zero-order chi connectivity index (χ0) is 17.5. The maximum atomic E-state index is 14.3. The quantitative estimate of drug-likeness (QED) is 0.780. The van der Waals surface area contributed by atoms with Crippen LogP contribution in [0.25, 0.3) is 0 Å². The standard InChI is InChI=1S/C14H17F2N3O4S/c15-5-10-6-18(7-10)2-1-9-3-11(16)14(12(20)4-9)19-8-13(21)17-24(19,22)23/h3-4,10,20H,1-2,5-8H2,(H,17,21). The molecule has 2 fully saturated rings. The lowest BCUT2D eigenvalue weighted by Gasteiger charge is -2.37. The number of benzene rings is 1. The molecule has 3 rings (SSSR count). The number of hydrogen-bond acceptors (Lipinski definition) is 5. The number of nitrogens with zero attached hydrogens (tertiary/aromatic N) is 2. The molecule has 1 aromatic carbocycles. The average molecular weight is 361 g/mol. The van der Waals surface area contributed by atoms with Crippen LogP contribution in [0.3, 0.4) is 0 Å². The third kappa shape index (κ3) is 3.16. The Morgan fingerprint density at radius 3 is 2.58 bits per heavy atom. The zero-order valence-corrected chi connectivity index (χ0v) is 13.5. The molecule has 2 saturated heterocycles. The molecule has 0 unspecified atom stereocenters. The fourth-order valence-electron chi connectivity index (χ4n) is 2.92. The van der Waals surface area contributed by atoms with E-state index in [1.165, 1.54) is 6.07 Å². The summed E-state index contributed by atoms with van der Waals surface area (Å²) in [5.41, 5.74) is -0.0492. The van der Waals surface area contributed by atoms with E-state index in [2.05, 4.69) is 0 Å². The van der Waals surface area contributed by atoms with Crippen molar-refractivity contribution in [2.75, 3.05) is 37.2 Å². The minimum Gasteiger partial charge on any atom is -0.506 e. The van der Waals surface area contributed by atoms with Crippen LogP contribution in [0, 0.1) is 11.7 Å². The predicted octanol–water partition coefficient (Wildman–Crippen LogP) is 0.156. The molecule has 0 radical (unpaired) electrons. The van der Waals surface area contributed by atoms with Crippen molar-refractivity contribution < 1.29 is 27.1 Å². The Kier molecular flexibility index (Phi) is 4.35. The minimum atomic E-state index is -4.19. The molecule has 1 amide bonds. The van der Waals surface area contributed by atoms with Gasteiger partial charge in [0.15, 0.2) is 5.82 Å². The van der Waals surface area contributed by atoms with Crippen LogP contribution in [0.15, 0.2) is 12.1 Å². The molecule has 132 valence electrons. The number of phenolic OH excluding ortho intramolecular Hbond substituents is 1. The molecule has 0 aromatic heterocycles. The van der Waals surface area contributed by atoms with E-state index in [1.807, 2.05) is 4.90 Å². The van der Waals surface area contributed by atoms with Crippen LogP contribution in [0.5, 0.6) is 5.75 Å². The van der Waals surface area contributed by atoms with Crippen LogP contribution < -0.4 is 9.03 Å². The van der Waals surface area contributed by atoms with Crippen molar-refractivity contribution in [1.82, 2.24) is 9.62 Å². The number of carbonyl (C=O) groups is 1. The number of likely N-dealkylation sites (tertiary alicyclic amines) is 1. The number of amides is 1. The van der Waals surface area contributed by atoms with Gasteiger partial charge in [0.2, 0.25) is 0 Å². The van der Waals surface area contributed by atoms with Crippen molar-refractivity contribution in [2.45, 2.75) is 6.42 Å². The smallest absolute Gasteiger partial charge is 0.326 e. The molecule has 0 atom stereocenters. The number of nitrogens with one attached hydrogen (secondary N) is 1. The highest BCUT2D eigenvalue weighted by atomic mass is 32.2. The zero-order valence-electron chi connectivity index (χ0n) is 12.7. The van der Waals surface area contributed by atoms with Gasteiger partial charge in [-0.05, 0) is 24.1 Å². The summed E-state index contributed by atoms with van der Waals surface area (Å²) in [5.74, 6) is -2.20. The van der Waals surface area contributed by atoms with Crippen molar-refractivity contribution >= 4 is 21.8 Å². The molecule has 0 aliphatic carbocycles. The number of alkyl halides is 1. The molecular weight excluding hydrogens is 344 g/mol. The molecule has 0 bridgehead atoms. The highest BCUT2D eigenvalue weighted by Crippen LogP contribution is 2.34. The summed E-state index contributed by atoms with van der Waals surface area (Å²) in [7, 11) is -4.19. The lowest BCUT2D eigenvalue weighted by molar-refractivity contribution is -0.117. The van der Waals surface area contributed by atoms with E-state index < -0.39 is 39.9 Å². The van der Waals surface area contributed by atoms with E-state index in [1.54, 1.807) is 4.72 Å². The molecule has 24 heavy (non-hydrogen) atoms. The number of halogens is 2. The van der Waals surface area contributed by atoms with Crippen LogP contribution >= 0.6 is 0 Å². The second-order valence-corrected chi connectivity index (χ2v) is 7.61. The van der Waals surface area contributed by atoms with E-state index in [4.69, 9.17) is 0 Å². The monoisotopic (exact) mass is 361 g/mol. The Balaban J connectivity index is 1.73. The Labute approximate surface area is 138 Å². The molecule has 0 saturated carbocycles. The Morgan fingerprint density at radius 1 is 1.33 bits per heavy atom. The van der Waals surface area contributed by atoms with E-state index in [-0.39, 0.29) is 12.6 Å². The summed E-state index contributed by atoms with van der Waals surface area (Å²) in [5, 5.41) is 10.0. The molecule has 2 N–H and O–H groups in total. The Bertz CT molecular complexity index is 742. The number of phenols is 1. The summed E-state index contributed by atoms with van der Waals surface area (Å²) in [6, 6.07) is 2.42. The van der Waals surface area contributed by atoms with Crippen molar-refractivity contribution in [3.05, 3.63) is 23.5 Å². The number of carbonyl (C=O) groups excluding carboxylic acids is 1. The summed E-state index contributed by atoms with van der Waals surface area (Å²) >= 11 is 0. The second-order valence-electron chi connectivity index (χ2n) is 6.01. The van der Waals surface area contributed by atoms with E-state index in [0.717, 1.165) is 6.07 Å². The van der Waals surface area contributed by atoms with Gasteiger partial charge in [0, 0.05) is 25.6 Å². The SMILES string of the molecule is O=C1CN(c2c(O)cc(CCN3CC(CF)C3)cc2F)S(=O)(=O)N1. The van der Waals surface area contributed by atoms with Crippen molar-refractivity contribution in [3.63, 3.8) is 0 Å². The molecule has 10 heteroatoms. The molecule has 2 aliphatic rings. The van der Waals surface area contributed by atoms with Gasteiger partial charge in [-0.1, -0.05) is 0 Å². The summed E-state index contributed by atoms with van der Waals surface area (Å²) in [6.45, 7) is 0.977. The Morgan fingerprint density at radius 2 is 2.04 bits per heavy atom. The maximum Gasteiger partial charge on any atom is 0.326 e. The number of aromatic hydroxyl groups is 1. The summed E-state index contributed by atoms with van der Waals surface area (Å²) in [4.78, 5) is 13.2. The first-order valence-corrected chi connectivity index (χ1v) is 8.87. The van der Waals surface area contributed by atoms with Gasteiger partial charge in [0.25, 0.3) is 5.91 Å². The lowest BCUT2D eigenvalue weighted by Crippen LogP contribution is -2.48. The molecule has 7 nitrogen and oxygen atoms in total. The molecular formula is C14H17F2N3O4S. The number of hydrogen-bond donors (Lipinski definition) is 2. The fraction of sp³-hybridized carbons (Fsp3) is 0.500. The second kappa shape index (κ2) is 6.17. The van der Waals surface area contributed by atoms with E-state index in [0.29, 0.717) is 35.9 Å². The first kappa shape index (κ1) is 16.9. The average Bonchev–Trinajstić information content (AvgIpc) is 2.69. The van der Waals surface area contributed by atoms with Crippen LogP contribution in [-0.4, -0.2) is 57.2 Å². The highest BCUT2D eigenvalue weighted by molar-refractivity contribution is 7.92. The van der Waals surface area contributed by atoms with Gasteiger partial charge in [0.1, 0.15) is 18.0 Å². The van der Waals surface area contributed by atoms with Gasteiger partial charge in [-0.25, -0.2) is 13.4 Å². The van der Waals surface area contributed by atoms with Crippen LogP contribution in [-0.2, 0) is 21.4 Å². The number of rotatable bonds is 5. The maximum absolute atomic E-state index is 14.3. The van der Waals surface area contributed by atoms with E-state index >= 15 is 0 Å². The van der Waals surface area contributed by atoms with Gasteiger partial charge >= 0.3 is 10.2 Å². The Hall–Kier alpha value is -1.94. The molecule has 2 heterocycles. The van der Waals surface area contributed by atoms with Gasteiger partial charge in [0.05, 0.1) is 6.67 Å². The van der Waals surface area contributed by atoms with Gasteiger partial charge in [-0.3, -0.25) is 9.18 Å². The predicted molar refractivity (Wildman–Crippen MR) is 82.1 cm³/mol. The topological polar surface area (TPSA) is 90.0 Å². The lowest BCUT2D eigenvalue weighted by atomic mass is 10.0. The summed E-state index contributed by atoms with van der Waals surface area (Å²) in [6.07, 6.45) is 0.438. The van der Waals surface area contributed by atoms with Gasteiger partial charge in [-0.2, -0.15) is 8.42 Å². The third-order valence-corrected chi connectivity index (χ3v) is 5.52. The summed E-state index contributed by atoms with van der Waals surface area (Å²) < 4.78 is 52.4. The first-order valence-electron chi connectivity index (χ1n) is 7.43. The van der Waals surface area contributed by atoms with Crippen molar-refractivity contribution in [2.24, 2.45) is 5.92 Å².